The molecule has 2 heterocycles. The van der Waals surface area contributed by atoms with Gasteiger partial charge in [-0.05, 0) is 38.2 Å². The third-order valence-corrected chi connectivity index (χ3v) is 4.50. The Bertz CT molecular complexity index is 562. The normalized spacial score (nSPS) is 26.5. The molecule has 0 radical (unpaired) electrons. The standard InChI is InChI=1S/C16H25N3O2/c1-10-8-11(2)13(4)19(9-10)16-14(6-7-15(20)21)12(3)17-18(16)5/h6-7,10-11,13H,8-9H2,1-5H3,(H,20,21)/b7-6+. The van der Waals surface area contributed by atoms with E-state index < -0.39 is 5.97 Å². The van der Waals surface area contributed by atoms with Crippen molar-refractivity contribution >= 4 is 17.9 Å². The first kappa shape index (κ1) is 15.6. The van der Waals surface area contributed by atoms with Gasteiger partial charge >= 0.3 is 5.97 Å². The quantitative estimate of drug-likeness (QED) is 0.870. The van der Waals surface area contributed by atoms with Crippen molar-refractivity contribution in [2.24, 2.45) is 18.9 Å². The topological polar surface area (TPSA) is 58.4 Å². The number of hydrogen-bond donors (Lipinski definition) is 1. The summed E-state index contributed by atoms with van der Waals surface area (Å²) in [6.07, 6.45) is 4.08. The number of carboxylic acids is 1. The van der Waals surface area contributed by atoms with Gasteiger partial charge in [0.2, 0.25) is 0 Å². The lowest BCUT2D eigenvalue weighted by molar-refractivity contribution is -0.131. The van der Waals surface area contributed by atoms with Crippen molar-refractivity contribution in [1.29, 1.82) is 0 Å². The van der Waals surface area contributed by atoms with Crippen LogP contribution >= 0.6 is 0 Å². The summed E-state index contributed by atoms with van der Waals surface area (Å²) in [6.45, 7) is 9.70. The lowest BCUT2D eigenvalue weighted by Crippen LogP contribution is -2.46. The van der Waals surface area contributed by atoms with E-state index in [2.05, 4.69) is 30.8 Å². The third-order valence-electron chi connectivity index (χ3n) is 4.50. The Hall–Kier alpha value is -1.78. The number of anilines is 1. The lowest BCUT2D eigenvalue weighted by atomic mass is 9.86. The summed E-state index contributed by atoms with van der Waals surface area (Å²) in [5.41, 5.74) is 1.77. The van der Waals surface area contributed by atoms with Gasteiger partial charge in [0.25, 0.3) is 0 Å². The van der Waals surface area contributed by atoms with Gasteiger partial charge in [0.1, 0.15) is 5.82 Å². The fraction of sp³-hybridized carbons (Fsp3) is 0.625. The molecule has 5 nitrogen and oxygen atoms in total. The van der Waals surface area contributed by atoms with Crippen LogP contribution in [0.25, 0.3) is 6.08 Å². The highest BCUT2D eigenvalue weighted by atomic mass is 16.4. The van der Waals surface area contributed by atoms with Gasteiger partial charge < -0.3 is 10.0 Å². The van der Waals surface area contributed by atoms with Crippen LogP contribution in [-0.4, -0.2) is 33.4 Å². The summed E-state index contributed by atoms with van der Waals surface area (Å²) in [6, 6.07) is 0.424. The average Bonchev–Trinajstić information content (AvgIpc) is 2.65. The van der Waals surface area contributed by atoms with E-state index >= 15 is 0 Å². The van der Waals surface area contributed by atoms with Gasteiger partial charge in [-0.1, -0.05) is 13.8 Å². The fourth-order valence-electron chi connectivity index (χ4n) is 3.35. The van der Waals surface area contributed by atoms with Gasteiger partial charge in [0, 0.05) is 31.3 Å². The van der Waals surface area contributed by atoms with Gasteiger partial charge in [-0.25, -0.2) is 4.79 Å². The first-order valence-corrected chi connectivity index (χ1v) is 7.52. The Kier molecular flexibility index (Phi) is 4.40. The van der Waals surface area contributed by atoms with Crippen molar-refractivity contribution in [3.05, 3.63) is 17.3 Å². The number of nitrogens with zero attached hydrogens (tertiary/aromatic N) is 3. The minimum atomic E-state index is -0.933. The molecule has 1 saturated heterocycles. The van der Waals surface area contributed by atoms with E-state index in [0.717, 1.165) is 23.6 Å². The molecule has 0 aliphatic carbocycles. The molecule has 1 aromatic heterocycles. The Morgan fingerprint density at radius 1 is 1.38 bits per heavy atom. The zero-order valence-electron chi connectivity index (χ0n) is 13.5. The largest absolute Gasteiger partial charge is 0.478 e. The first-order chi connectivity index (χ1) is 9.81. The zero-order chi connectivity index (χ0) is 15.7. The number of aliphatic carboxylic acids is 1. The van der Waals surface area contributed by atoms with Crippen LogP contribution in [0.5, 0.6) is 0 Å². The predicted molar refractivity (Wildman–Crippen MR) is 84.4 cm³/mol. The van der Waals surface area contributed by atoms with Crippen molar-refractivity contribution in [3.63, 3.8) is 0 Å². The van der Waals surface area contributed by atoms with E-state index in [9.17, 15) is 4.79 Å². The molecular weight excluding hydrogens is 266 g/mol. The van der Waals surface area contributed by atoms with Crippen molar-refractivity contribution in [1.82, 2.24) is 9.78 Å². The van der Waals surface area contributed by atoms with Crippen LogP contribution in [0.1, 0.15) is 38.4 Å². The highest BCUT2D eigenvalue weighted by molar-refractivity contribution is 5.87. The summed E-state index contributed by atoms with van der Waals surface area (Å²) in [4.78, 5) is 13.2. The Morgan fingerprint density at radius 2 is 2.05 bits per heavy atom. The van der Waals surface area contributed by atoms with E-state index in [-0.39, 0.29) is 0 Å². The summed E-state index contributed by atoms with van der Waals surface area (Å²) in [7, 11) is 1.93. The van der Waals surface area contributed by atoms with Crippen LogP contribution < -0.4 is 4.90 Å². The van der Waals surface area contributed by atoms with Crippen LogP contribution in [0.4, 0.5) is 5.82 Å². The van der Waals surface area contributed by atoms with E-state index in [0.29, 0.717) is 17.9 Å². The minimum Gasteiger partial charge on any atom is -0.478 e. The second-order valence-corrected chi connectivity index (χ2v) is 6.33. The van der Waals surface area contributed by atoms with Crippen molar-refractivity contribution in [2.75, 3.05) is 11.4 Å². The molecule has 1 aromatic rings. The summed E-state index contributed by atoms with van der Waals surface area (Å²) in [5, 5.41) is 13.4. The molecule has 0 spiro atoms. The van der Waals surface area contributed by atoms with Crippen LogP contribution in [-0.2, 0) is 11.8 Å². The summed E-state index contributed by atoms with van der Waals surface area (Å²) < 4.78 is 1.87. The molecule has 1 aliphatic heterocycles. The predicted octanol–water partition coefficient (Wildman–Crippen LogP) is 2.70. The van der Waals surface area contributed by atoms with Crippen molar-refractivity contribution < 1.29 is 9.90 Å². The minimum absolute atomic E-state index is 0.424. The van der Waals surface area contributed by atoms with Crippen molar-refractivity contribution in [2.45, 2.75) is 40.2 Å². The smallest absolute Gasteiger partial charge is 0.328 e. The molecule has 2 rings (SSSR count). The number of aryl methyl sites for hydroxylation is 2. The first-order valence-electron chi connectivity index (χ1n) is 7.52. The Morgan fingerprint density at radius 3 is 2.67 bits per heavy atom. The molecular formula is C16H25N3O2. The molecule has 3 unspecified atom stereocenters. The second-order valence-electron chi connectivity index (χ2n) is 6.33. The molecule has 0 bridgehead atoms. The van der Waals surface area contributed by atoms with Gasteiger partial charge in [-0.2, -0.15) is 5.10 Å². The summed E-state index contributed by atoms with van der Waals surface area (Å²) in [5.74, 6) is 1.33. The van der Waals surface area contributed by atoms with Crippen LogP contribution in [0.3, 0.4) is 0 Å². The van der Waals surface area contributed by atoms with E-state index in [1.807, 2.05) is 18.7 Å². The van der Waals surface area contributed by atoms with Crippen LogP contribution in [0.2, 0.25) is 0 Å². The second kappa shape index (κ2) is 5.92. The maximum Gasteiger partial charge on any atom is 0.328 e. The molecule has 1 aliphatic rings. The molecule has 21 heavy (non-hydrogen) atoms. The number of hydrogen-bond acceptors (Lipinski definition) is 3. The SMILES string of the molecule is Cc1nn(C)c(N2CC(C)CC(C)C2C)c1/C=C/C(=O)O. The highest BCUT2D eigenvalue weighted by Gasteiger charge is 2.32. The number of aromatic nitrogens is 2. The number of carboxylic acid groups (broad SMARTS) is 1. The maximum atomic E-state index is 10.8. The Balaban J connectivity index is 2.44. The highest BCUT2D eigenvalue weighted by Crippen LogP contribution is 2.34. The molecule has 1 fully saturated rings. The zero-order valence-corrected chi connectivity index (χ0v) is 13.5. The lowest BCUT2D eigenvalue weighted by Gasteiger charge is -2.42. The molecule has 0 amide bonds. The van der Waals surface area contributed by atoms with E-state index in [1.165, 1.54) is 12.5 Å². The number of piperidine rings is 1. The molecule has 5 heteroatoms. The Labute approximate surface area is 126 Å². The number of rotatable bonds is 3. The summed E-state index contributed by atoms with van der Waals surface area (Å²) >= 11 is 0. The van der Waals surface area contributed by atoms with Crippen LogP contribution in [0.15, 0.2) is 6.08 Å². The van der Waals surface area contributed by atoms with Gasteiger partial charge in [-0.3, -0.25) is 4.68 Å². The molecule has 1 N–H and O–H groups in total. The third kappa shape index (κ3) is 3.12. The van der Waals surface area contributed by atoms with E-state index in [4.69, 9.17) is 5.11 Å². The maximum absolute atomic E-state index is 10.8. The van der Waals surface area contributed by atoms with Gasteiger partial charge in [-0.15, -0.1) is 0 Å². The van der Waals surface area contributed by atoms with Crippen LogP contribution in [0, 0.1) is 18.8 Å². The molecule has 116 valence electrons. The molecule has 0 saturated carbocycles. The fourth-order valence-corrected chi connectivity index (χ4v) is 3.35. The van der Waals surface area contributed by atoms with Crippen molar-refractivity contribution in [3.8, 4) is 0 Å². The molecule has 3 atom stereocenters. The van der Waals surface area contributed by atoms with Gasteiger partial charge in [0.05, 0.1) is 5.69 Å². The molecule has 0 aromatic carbocycles. The average molecular weight is 291 g/mol. The number of carbonyl (C=O) groups is 1. The monoisotopic (exact) mass is 291 g/mol. The van der Waals surface area contributed by atoms with E-state index in [1.54, 1.807) is 6.08 Å². The van der Waals surface area contributed by atoms with Gasteiger partial charge in [0.15, 0.2) is 0 Å².